The Kier molecular flexibility index (Phi) is 5.21. The lowest BCUT2D eigenvalue weighted by molar-refractivity contribution is -0.116. The minimum absolute atomic E-state index is 0.160. The van der Waals surface area contributed by atoms with E-state index in [0.717, 1.165) is 5.56 Å². The minimum Gasteiger partial charge on any atom is -0.339 e. The van der Waals surface area contributed by atoms with Crippen molar-refractivity contribution < 1.29 is 13.8 Å². The number of carbonyl (C=O) groups is 1. The van der Waals surface area contributed by atoms with Crippen LogP contribution in [0.4, 0.5) is 5.69 Å². The third-order valence-electron chi connectivity index (χ3n) is 4.00. The summed E-state index contributed by atoms with van der Waals surface area (Å²) < 4.78 is 9.69. The molecule has 0 aliphatic rings. The van der Waals surface area contributed by atoms with Gasteiger partial charge in [-0.15, -0.1) is 0 Å². The fraction of sp³-hybridized carbons (Fsp3) is 0.105. The predicted octanol–water partition coefficient (Wildman–Crippen LogP) is 3.30. The number of H-pyrrole nitrogens is 1. The summed E-state index contributed by atoms with van der Waals surface area (Å²) in [6, 6.07) is 13.9. The number of nitrogens with one attached hydrogen (secondary N) is 2. The minimum atomic E-state index is -0.646. The van der Waals surface area contributed by atoms with Gasteiger partial charge in [0, 0.05) is 34.7 Å². The quantitative estimate of drug-likeness (QED) is 0.498. The largest absolute Gasteiger partial charge is 0.439 e. The highest BCUT2D eigenvalue weighted by molar-refractivity contribution is 6.30. The lowest BCUT2D eigenvalue weighted by Crippen LogP contribution is -2.12. The summed E-state index contributed by atoms with van der Waals surface area (Å²) in [6.07, 6.45) is 0.454. The average molecular weight is 412 g/mol. The Morgan fingerprint density at radius 3 is 2.66 bits per heavy atom. The van der Waals surface area contributed by atoms with Crippen molar-refractivity contribution in [2.24, 2.45) is 0 Å². The molecule has 29 heavy (non-hydrogen) atoms. The molecule has 2 heterocycles. The number of aromatic nitrogens is 4. The lowest BCUT2D eigenvalue weighted by atomic mass is 10.2. The molecule has 4 rings (SSSR count). The first kappa shape index (κ1) is 18.6. The molecule has 2 aromatic carbocycles. The molecule has 1 amide bonds. The van der Waals surface area contributed by atoms with E-state index in [2.05, 4.69) is 30.1 Å². The molecule has 10 heteroatoms. The molecule has 0 saturated carbocycles. The Morgan fingerprint density at radius 1 is 1.07 bits per heavy atom. The number of halogens is 1. The fourth-order valence-corrected chi connectivity index (χ4v) is 2.74. The summed E-state index contributed by atoms with van der Waals surface area (Å²) >= 11 is 5.87. The van der Waals surface area contributed by atoms with E-state index in [0.29, 0.717) is 34.4 Å². The zero-order chi connectivity index (χ0) is 20.2. The van der Waals surface area contributed by atoms with Crippen molar-refractivity contribution in [1.29, 1.82) is 0 Å². The van der Waals surface area contributed by atoms with Gasteiger partial charge >= 0.3 is 5.76 Å². The van der Waals surface area contributed by atoms with Crippen LogP contribution in [0.1, 0.15) is 12.3 Å². The van der Waals surface area contributed by atoms with Gasteiger partial charge in [0.1, 0.15) is 0 Å². The zero-order valence-electron chi connectivity index (χ0n) is 14.9. The number of nitrogens with zero attached hydrogens (tertiary/aromatic N) is 3. The second kappa shape index (κ2) is 8.11. The third-order valence-corrected chi connectivity index (χ3v) is 4.25. The predicted molar refractivity (Wildman–Crippen MR) is 104 cm³/mol. The fourth-order valence-electron chi connectivity index (χ4n) is 2.62. The Balaban J connectivity index is 1.36. The van der Waals surface area contributed by atoms with Crippen molar-refractivity contribution in [3.63, 3.8) is 0 Å². The van der Waals surface area contributed by atoms with Gasteiger partial charge in [0.25, 0.3) is 0 Å². The molecular weight excluding hydrogens is 398 g/mol. The van der Waals surface area contributed by atoms with Crippen molar-refractivity contribution in [3.8, 4) is 22.8 Å². The highest BCUT2D eigenvalue weighted by Crippen LogP contribution is 2.20. The molecule has 0 atom stereocenters. The van der Waals surface area contributed by atoms with Gasteiger partial charge in [-0.3, -0.25) is 14.3 Å². The van der Waals surface area contributed by atoms with E-state index in [1.807, 2.05) is 0 Å². The molecule has 0 spiro atoms. The SMILES string of the molecule is O=C(CCc1nc(-c2ccc(Cl)cc2)no1)Nc1cccc(-c2noc(=O)[nH]2)c1. The van der Waals surface area contributed by atoms with E-state index >= 15 is 0 Å². The number of hydrogen-bond acceptors (Lipinski definition) is 7. The van der Waals surface area contributed by atoms with Crippen molar-refractivity contribution in [3.05, 3.63) is 70.0 Å². The third kappa shape index (κ3) is 4.58. The second-order valence-corrected chi connectivity index (χ2v) is 6.53. The zero-order valence-corrected chi connectivity index (χ0v) is 15.6. The number of carbonyl (C=O) groups excluding carboxylic acids is 1. The Labute approximate surface area is 168 Å². The number of aryl methyl sites for hydroxylation is 1. The number of benzene rings is 2. The summed E-state index contributed by atoms with van der Waals surface area (Å²) in [5, 5.41) is 10.9. The summed E-state index contributed by atoms with van der Waals surface area (Å²) in [5.74, 6) is 0.214. The lowest BCUT2D eigenvalue weighted by Gasteiger charge is -2.05. The molecule has 2 N–H and O–H groups in total. The van der Waals surface area contributed by atoms with Gasteiger partial charge < -0.3 is 9.84 Å². The molecule has 0 aliphatic carbocycles. The molecule has 4 aromatic rings. The molecule has 0 aliphatic heterocycles. The average Bonchev–Trinajstić information content (AvgIpc) is 3.36. The maximum absolute atomic E-state index is 12.2. The summed E-state index contributed by atoms with van der Waals surface area (Å²) in [6.45, 7) is 0. The number of anilines is 1. The maximum Gasteiger partial charge on any atom is 0.439 e. The van der Waals surface area contributed by atoms with Gasteiger partial charge in [-0.2, -0.15) is 4.98 Å². The van der Waals surface area contributed by atoms with Gasteiger partial charge in [-0.25, -0.2) is 4.79 Å². The second-order valence-electron chi connectivity index (χ2n) is 6.09. The molecule has 0 bridgehead atoms. The van der Waals surface area contributed by atoms with Crippen LogP contribution in [0.25, 0.3) is 22.8 Å². The van der Waals surface area contributed by atoms with Gasteiger partial charge in [0.05, 0.1) is 0 Å². The Hall–Kier alpha value is -3.72. The van der Waals surface area contributed by atoms with Crippen LogP contribution in [-0.2, 0) is 11.2 Å². The smallest absolute Gasteiger partial charge is 0.339 e. The van der Waals surface area contributed by atoms with Gasteiger partial charge in [-0.1, -0.05) is 34.0 Å². The Morgan fingerprint density at radius 2 is 1.90 bits per heavy atom. The first-order valence-electron chi connectivity index (χ1n) is 8.61. The van der Waals surface area contributed by atoms with Crippen LogP contribution in [-0.4, -0.2) is 26.2 Å². The summed E-state index contributed by atoms with van der Waals surface area (Å²) in [4.78, 5) is 30.1. The first-order valence-corrected chi connectivity index (χ1v) is 8.99. The topological polar surface area (TPSA) is 127 Å². The number of amides is 1. The number of aromatic amines is 1. The number of hydrogen-bond donors (Lipinski definition) is 2. The first-order chi connectivity index (χ1) is 14.1. The summed E-state index contributed by atoms with van der Waals surface area (Å²) in [5.41, 5.74) is 1.94. The van der Waals surface area contributed by atoms with Gasteiger partial charge in [0.15, 0.2) is 5.82 Å². The summed E-state index contributed by atoms with van der Waals surface area (Å²) in [7, 11) is 0. The molecule has 9 nitrogen and oxygen atoms in total. The van der Waals surface area contributed by atoms with Crippen molar-refractivity contribution in [2.45, 2.75) is 12.8 Å². The normalized spacial score (nSPS) is 10.8. The van der Waals surface area contributed by atoms with Crippen LogP contribution in [0.5, 0.6) is 0 Å². The highest BCUT2D eigenvalue weighted by atomic mass is 35.5. The molecule has 0 fully saturated rings. The molecule has 146 valence electrons. The highest BCUT2D eigenvalue weighted by Gasteiger charge is 2.12. The standard InChI is InChI=1S/C19H14ClN5O4/c20-13-6-4-11(5-7-13)17-22-16(28-24-17)9-8-15(26)21-14-3-1-2-12(10-14)18-23-19(27)29-25-18/h1-7,10H,8-9H2,(H,21,26)(H,23,25,27). The van der Waals surface area contributed by atoms with E-state index in [-0.39, 0.29) is 18.2 Å². The van der Waals surface area contributed by atoms with E-state index in [1.54, 1.807) is 48.5 Å². The van der Waals surface area contributed by atoms with E-state index in [4.69, 9.17) is 16.1 Å². The molecule has 0 saturated heterocycles. The van der Waals surface area contributed by atoms with Crippen molar-refractivity contribution >= 4 is 23.2 Å². The van der Waals surface area contributed by atoms with Crippen LogP contribution < -0.4 is 11.1 Å². The van der Waals surface area contributed by atoms with Crippen LogP contribution in [0.2, 0.25) is 5.02 Å². The van der Waals surface area contributed by atoms with Crippen molar-refractivity contribution in [1.82, 2.24) is 20.3 Å². The van der Waals surface area contributed by atoms with E-state index in [1.165, 1.54) is 0 Å². The molecule has 0 radical (unpaired) electrons. The molecular formula is C19H14ClN5O4. The van der Waals surface area contributed by atoms with Crippen LogP contribution >= 0.6 is 11.6 Å². The molecule has 0 unspecified atom stereocenters. The number of rotatable bonds is 6. The monoisotopic (exact) mass is 411 g/mol. The van der Waals surface area contributed by atoms with E-state index < -0.39 is 5.76 Å². The van der Waals surface area contributed by atoms with Crippen LogP contribution in [0.15, 0.2) is 62.4 Å². The van der Waals surface area contributed by atoms with Crippen LogP contribution in [0, 0.1) is 0 Å². The van der Waals surface area contributed by atoms with Crippen molar-refractivity contribution in [2.75, 3.05) is 5.32 Å². The maximum atomic E-state index is 12.2. The van der Waals surface area contributed by atoms with E-state index in [9.17, 15) is 9.59 Å². The van der Waals surface area contributed by atoms with Gasteiger partial charge in [-0.05, 0) is 36.4 Å². The molecule has 2 aromatic heterocycles. The van der Waals surface area contributed by atoms with Crippen LogP contribution in [0.3, 0.4) is 0 Å². The Bertz CT molecular complexity index is 1200. The van der Waals surface area contributed by atoms with Gasteiger partial charge in [0.2, 0.25) is 17.6 Å².